The molecule has 0 fully saturated rings. The predicted molar refractivity (Wildman–Crippen MR) is 80.6 cm³/mol. The van der Waals surface area contributed by atoms with Gasteiger partial charge in [-0.15, -0.1) is 0 Å². The highest BCUT2D eigenvalue weighted by molar-refractivity contribution is 9.10. The summed E-state index contributed by atoms with van der Waals surface area (Å²) in [5.41, 5.74) is 1.08. The number of amides is 1. The summed E-state index contributed by atoms with van der Waals surface area (Å²) >= 11 is 3.31. The molecule has 1 unspecified atom stereocenters. The largest absolute Gasteiger partial charge is 0.416 e. The second-order valence-corrected chi connectivity index (χ2v) is 5.79. The van der Waals surface area contributed by atoms with Crippen molar-refractivity contribution in [2.75, 3.05) is 10.6 Å². The van der Waals surface area contributed by atoms with Gasteiger partial charge in [0.1, 0.15) is 6.04 Å². The molecule has 2 aromatic rings. The smallest absolute Gasteiger partial charge is 0.368 e. The minimum absolute atomic E-state index is 0.314. The van der Waals surface area contributed by atoms with E-state index in [1.807, 2.05) is 6.07 Å². The third kappa shape index (κ3) is 2.81. The Morgan fingerprint density at radius 3 is 2.32 bits per heavy atom. The standard InChI is InChI=1S/C15H10BrF3N2O/c16-10-5-6-11-12(7-10)21-14(22)13(20-11)8-1-3-9(4-2-8)15(17,18)19/h1-7,13,20H,(H,21,22). The van der Waals surface area contributed by atoms with E-state index in [-0.39, 0.29) is 5.91 Å². The van der Waals surface area contributed by atoms with E-state index in [0.29, 0.717) is 16.9 Å². The summed E-state index contributed by atoms with van der Waals surface area (Å²) in [7, 11) is 0. The molecular formula is C15H10BrF3N2O. The van der Waals surface area contributed by atoms with Crippen LogP contribution in [0.4, 0.5) is 24.5 Å². The van der Waals surface area contributed by atoms with E-state index in [1.165, 1.54) is 12.1 Å². The molecule has 3 rings (SSSR count). The lowest BCUT2D eigenvalue weighted by Gasteiger charge is -2.27. The van der Waals surface area contributed by atoms with E-state index in [0.717, 1.165) is 16.6 Å². The van der Waals surface area contributed by atoms with Crippen LogP contribution in [0.1, 0.15) is 17.2 Å². The normalized spacial score (nSPS) is 17.5. The molecule has 0 saturated heterocycles. The number of nitrogens with one attached hydrogen (secondary N) is 2. The quantitative estimate of drug-likeness (QED) is 0.771. The molecule has 0 saturated carbocycles. The van der Waals surface area contributed by atoms with Gasteiger partial charge in [0.25, 0.3) is 5.91 Å². The van der Waals surface area contributed by atoms with Crippen molar-refractivity contribution in [3.05, 3.63) is 58.1 Å². The van der Waals surface area contributed by atoms with Gasteiger partial charge in [0.15, 0.2) is 0 Å². The maximum absolute atomic E-state index is 12.6. The number of alkyl halides is 3. The molecule has 22 heavy (non-hydrogen) atoms. The molecule has 2 aromatic carbocycles. The number of hydrogen-bond donors (Lipinski definition) is 2. The zero-order valence-electron chi connectivity index (χ0n) is 11.0. The average molecular weight is 371 g/mol. The van der Waals surface area contributed by atoms with Gasteiger partial charge in [-0.3, -0.25) is 4.79 Å². The highest BCUT2D eigenvalue weighted by Crippen LogP contribution is 2.35. The number of anilines is 2. The van der Waals surface area contributed by atoms with Gasteiger partial charge in [0.2, 0.25) is 0 Å². The lowest BCUT2D eigenvalue weighted by Crippen LogP contribution is -2.31. The van der Waals surface area contributed by atoms with Crippen LogP contribution in [0.5, 0.6) is 0 Å². The topological polar surface area (TPSA) is 41.1 Å². The maximum Gasteiger partial charge on any atom is 0.416 e. The summed E-state index contributed by atoms with van der Waals surface area (Å²) in [4.78, 5) is 12.1. The van der Waals surface area contributed by atoms with Gasteiger partial charge in [0.05, 0.1) is 16.9 Å². The van der Waals surface area contributed by atoms with E-state index in [1.54, 1.807) is 12.1 Å². The summed E-state index contributed by atoms with van der Waals surface area (Å²) < 4.78 is 38.5. The molecule has 3 nitrogen and oxygen atoms in total. The molecule has 0 aromatic heterocycles. The van der Waals surface area contributed by atoms with Crippen molar-refractivity contribution in [3.8, 4) is 0 Å². The van der Waals surface area contributed by atoms with Gasteiger partial charge in [-0.25, -0.2) is 0 Å². The third-order valence-corrected chi connectivity index (χ3v) is 3.87. The van der Waals surface area contributed by atoms with Crippen LogP contribution >= 0.6 is 15.9 Å². The van der Waals surface area contributed by atoms with Gasteiger partial charge in [0, 0.05) is 4.47 Å². The van der Waals surface area contributed by atoms with Crippen molar-refractivity contribution in [1.82, 2.24) is 0 Å². The first-order chi connectivity index (χ1) is 10.3. The molecule has 0 spiro atoms. The fourth-order valence-corrected chi connectivity index (χ4v) is 2.63. The van der Waals surface area contributed by atoms with Gasteiger partial charge in [-0.1, -0.05) is 28.1 Å². The Labute approximate surface area is 132 Å². The molecule has 0 aliphatic carbocycles. The highest BCUT2D eigenvalue weighted by atomic mass is 79.9. The molecular weight excluding hydrogens is 361 g/mol. The van der Waals surface area contributed by atoms with Crippen molar-refractivity contribution in [2.45, 2.75) is 12.2 Å². The number of rotatable bonds is 1. The monoisotopic (exact) mass is 370 g/mol. The number of hydrogen-bond acceptors (Lipinski definition) is 2. The van der Waals surface area contributed by atoms with E-state index in [4.69, 9.17) is 0 Å². The zero-order valence-corrected chi connectivity index (χ0v) is 12.6. The fraction of sp³-hybridized carbons (Fsp3) is 0.133. The van der Waals surface area contributed by atoms with Gasteiger partial charge >= 0.3 is 6.18 Å². The Bertz CT molecular complexity index is 729. The van der Waals surface area contributed by atoms with E-state index < -0.39 is 17.8 Å². The van der Waals surface area contributed by atoms with Crippen LogP contribution in [-0.4, -0.2) is 5.91 Å². The molecule has 0 bridgehead atoms. The van der Waals surface area contributed by atoms with Crippen LogP contribution in [0.15, 0.2) is 46.9 Å². The molecule has 2 N–H and O–H groups in total. The Morgan fingerprint density at radius 2 is 1.68 bits per heavy atom. The van der Waals surface area contributed by atoms with Crippen molar-refractivity contribution in [1.29, 1.82) is 0 Å². The Kier molecular flexibility index (Phi) is 3.60. The van der Waals surface area contributed by atoms with Crippen molar-refractivity contribution >= 4 is 33.2 Å². The van der Waals surface area contributed by atoms with Crippen LogP contribution < -0.4 is 10.6 Å². The Balaban J connectivity index is 1.89. The first-order valence-corrected chi connectivity index (χ1v) is 7.18. The lowest BCUT2D eigenvalue weighted by molar-refractivity contribution is -0.137. The Morgan fingerprint density at radius 1 is 1.00 bits per heavy atom. The summed E-state index contributed by atoms with van der Waals surface area (Å²) in [5, 5.41) is 5.77. The third-order valence-electron chi connectivity index (χ3n) is 3.37. The van der Waals surface area contributed by atoms with E-state index in [2.05, 4.69) is 26.6 Å². The first-order valence-electron chi connectivity index (χ1n) is 6.39. The molecule has 1 aliphatic rings. The molecule has 1 heterocycles. The zero-order chi connectivity index (χ0) is 15.9. The summed E-state index contributed by atoms with van der Waals surface area (Å²) in [6, 6.07) is 9.19. The van der Waals surface area contributed by atoms with Gasteiger partial charge in [-0.05, 0) is 35.9 Å². The average Bonchev–Trinajstić information content (AvgIpc) is 2.45. The van der Waals surface area contributed by atoms with Crippen molar-refractivity contribution < 1.29 is 18.0 Å². The highest BCUT2D eigenvalue weighted by Gasteiger charge is 2.31. The second kappa shape index (κ2) is 5.31. The van der Waals surface area contributed by atoms with Crippen LogP contribution in [0, 0.1) is 0 Å². The molecule has 1 amide bonds. The predicted octanol–water partition coefficient (Wildman–Crippen LogP) is 4.57. The summed E-state index contributed by atoms with van der Waals surface area (Å²) in [6.45, 7) is 0. The lowest BCUT2D eigenvalue weighted by atomic mass is 10.0. The summed E-state index contributed by atoms with van der Waals surface area (Å²) in [6.07, 6.45) is -4.39. The molecule has 7 heteroatoms. The second-order valence-electron chi connectivity index (χ2n) is 4.88. The molecule has 0 radical (unpaired) electrons. The van der Waals surface area contributed by atoms with Crippen LogP contribution in [0.3, 0.4) is 0 Å². The van der Waals surface area contributed by atoms with E-state index in [9.17, 15) is 18.0 Å². The number of fused-ring (bicyclic) bond motifs is 1. The fourth-order valence-electron chi connectivity index (χ4n) is 2.27. The molecule has 114 valence electrons. The summed E-state index contributed by atoms with van der Waals surface area (Å²) in [5.74, 6) is -0.314. The maximum atomic E-state index is 12.6. The first kappa shape index (κ1) is 14.9. The van der Waals surface area contributed by atoms with Crippen molar-refractivity contribution in [2.24, 2.45) is 0 Å². The number of carbonyl (C=O) groups excluding carboxylic acids is 1. The number of halogens is 4. The number of benzene rings is 2. The molecule has 1 atom stereocenters. The van der Waals surface area contributed by atoms with Crippen LogP contribution in [0.25, 0.3) is 0 Å². The van der Waals surface area contributed by atoms with Gasteiger partial charge in [-0.2, -0.15) is 13.2 Å². The molecule has 1 aliphatic heterocycles. The van der Waals surface area contributed by atoms with E-state index >= 15 is 0 Å². The minimum Gasteiger partial charge on any atom is -0.368 e. The van der Waals surface area contributed by atoms with Crippen LogP contribution in [-0.2, 0) is 11.0 Å². The Hall–Kier alpha value is -2.02. The van der Waals surface area contributed by atoms with Crippen molar-refractivity contribution in [3.63, 3.8) is 0 Å². The number of carbonyl (C=O) groups is 1. The van der Waals surface area contributed by atoms with Crippen LogP contribution in [0.2, 0.25) is 0 Å². The van der Waals surface area contributed by atoms with Gasteiger partial charge < -0.3 is 10.6 Å². The minimum atomic E-state index is -4.39. The SMILES string of the molecule is O=C1Nc2cc(Br)ccc2NC1c1ccc(C(F)(F)F)cc1.